The van der Waals surface area contributed by atoms with Crippen molar-refractivity contribution in [3.05, 3.63) is 34.9 Å². The van der Waals surface area contributed by atoms with E-state index in [1.807, 2.05) is 0 Å². The Morgan fingerprint density at radius 3 is 3.08 bits per heavy atom. The monoisotopic (exact) mass is 176 g/mol. The van der Waals surface area contributed by atoms with Gasteiger partial charge in [0, 0.05) is 0 Å². The summed E-state index contributed by atoms with van der Waals surface area (Å²) in [5, 5.41) is 0. The number of ether oxygens (including phenoxy) is 1. The van der Waals surface area contributed by atoms with Crippen LogP contribution in [0.15, 0.2) is 18.2 Å². The number of aryl methyl sites for hydroxylation is 1. The molecule has 0 saturated carbocycles. The Morgan fingerprint density at radius 1 is 1.46 bits per heavy atom. The van der Waals surface area contributed by atoms with Gasteiger partial charge in [0.2, 0.25) is 0 Å². The molecule has 0 radical (unpaired) electrons. The van der Waals surface area contributed by atoms with Crippen molar-refractivity contribution in [1.82, 2.24) is 0 Å². The first-order valence-electron chi connectivity index (χ1n) is 5.02. The summed E-state index contributed by atoms with van der Waals surface area (Å²) >= 11 is 0. The lowest BCUT2D eigenvalue weighted by atomic mass is 9.93. The standard InChI is InChI=1S/C12H16O/c1-3-10-5-4-6-11-8-13-9(2)7-12(10)11/h4-6,9H,3,7-8H2,1-2H3. The molecule has 0 spiro atoms. The van der Waals surface area contributed by atoms with Crippen LogP contribution < -0.4 is 0 Å². The molecular formula is C12H16O. The maximum Gasteiger partial charge on any atom is 0.0723 e. The van der Waals surface area contributed by atoms with E-state index in [9.17, 15) is 0 Å². The van der Waals surface area contributed by atoms with Crippen LogP contribution in [0.2, 0.25) is 0 Å². The number of hydrogen-bond acceptors (Lipinski definition) is 1. The van der Waals surface area contributed by atoms with Crippen molar-refractivity contribution in [2.24, 2.45) is 0 Å². The molecule has 1 atom stereocenters. The van der Waals surface area contributed by atoms with E-state index in [4.69, 9.17) is 4.74 Å². The summed E-state index contributed by atoms with van der Waals surface area (Å²) in [7, 11) is 0. The Balaban J connectivity index is 2.41. The predicted molar refractivity (Wildman–Crippen MR) is 53.8 cm³/mol. The van der Waals surface area contributed by atoms with E-state index in [1.54, 1.807) is 0 Å². The highest BCUT2D eigenvalue weighted by molar-refractivity contribution is 5.36. The molecular weight excluding hydrogens is 160 g/mol. The Labute approximate surface area is 79.7 Å². The van der Waals surface area contributed by atoms with Crippen LogP contribution in [0.1, 0.15) is 30.5 Å². The fourth-order valence-electron chi connectivity index (χ4n) is 1.99. The highest BCUT2D eigenvalue weighted by Crippen LogP contribution is 2.24. The molecule has 1 heterocycles. The molecule has 0 fully saturated rings. The Morgan fingerprint density at radius 2 is 2.31 bits per heavy atom. The van der Waals surface area contributed by atoms with Gasteiger partial charge in [-0.15, -0.1) is 0 Å². The van der Waals surface area contributed by atoms with Crippen molar-refractivity contribution < 1.29 is 4.74 Å². The van der Waals surface area contributed by atoms with Crippen molar-refractivity contribution in [1.29, 1.82) is 0 Å². The second-order valence-electron chi connectivity index (χ2n) is 3.73. The van der Waals surface area contributed by atoms with Gasteiger partial charge in [-0.3, -0.25) is 0 Å². The smallest absolute Gasteiger partial charge is 0.0723 e. The van der Waals surface area contributed by atoms with Crippen LogP contribution in [0.3, 0.4) is 0 Å². The Kier molecular flexibility index (Phi) is 2.36. The molecule has 13 heavy (non-hydrogen) atoms. The van der Waals surface area contributed by atoms with Crippen molar-refractivity contribution in [3.8, 4) is 0 Å². The minimum absolute atomic E-state index is 0.389. The van der Waals surface area contributed by atoms with E-state index in [-0.39, 0.29) is 0 Å². The molecule has 1 aromatic carbocycles. The molecule has 0 saturated heterocycles. The summed E-state index contributed by atoms with van der Waals surface area (Å²) in [6, 6.07) is 6.55. The first-order valence-corrected chi connectivity index (χ1v) is 5.02. The maximum absolute atomic E-state index is 5.60. The van der Waals surface area contributed by atoms with Crippen LogP contribution in [-0.2, 0) is 24.2 Å². The molecule has 1 unspecified atom stereocenters. The van der Waals surface area contributed by atoms with Crippen molar-refractivity contribution in [2.75, 3.05) is 0 Å². The molecule has 1 aliphatic rings. The van der Waals surface area contributed by atoms with Crippen LogP contribution in [0.5, 0.6) is 0 Å². The van der Waals surface area contributed by atoms with Crippen molar-refractivity contribution in [2.45, 2.75) is 39.4 Å². The van der Waals surface area contributed by atoms with Gasteiger partial charge in [0.1, 0.15) is 0 Å². The third-order valence-corrected chi connectivity index (χ3v) is 2.77. The lowest BCUT2D eigenvalue weighted by Crippen LogP contribution is -2.20. The second-order valence-corrected chi connectivity index (χ2v) is 3.73. The first-order chi connectivity index (χ1) is 6.31. The number of benzene rings is 1. The van der Waals surface area contributed by atoms with Gasteiger partial charge in [0.15, 0.2) is 0 Å². The molecule has 0 N–H and O–H groups in total. The summed E-state index contributed by atoms with van der Waals surface area (Å²) in [5.74, 6) is 0. The average Bonchev–Trinajstić information content (AvgIpc) is 2.17. The van der Waals surface area contributed by atoms with Crippen LogP contribution in [0.25, 0.3) is 0 Å². The van der Waals surface area contributed by atoms with E-state index in [1.165, 1.54) is 16.7 Å². The summed E-state index contributed by atoms with van der Waals surface area (Å²) in [5.41, 5.74) is 4.41. The Hall–Kier alpha value is -0.820. The lowest BCUT2D eigenvalue weighted by Gasteiger charge is -2.24. The third kappa shape index (κ3) is 1.61. The zero-order valence-electron chi connectivity index (χ0n) is 8.34. The normalized spacial score (nSPS) is 21.2. The van der Waals surface area contributed by atoms with Gasteiger partial charge >= 0.3 is 0 Å². The summed E-state index contributed by atoms with van der Waals surface area (Å²) in [6.07, 6.45) is 2.61. The highest BCUT2D eigenvalue weighted by atomic mass is 16.5. The molecule has 0 aromatic heterocycles. The predicted octanol–water partition coefficient (Wildman–Crippen LogP) is 2.71. The molecule has 0 aliphatic carbocycles. The van der Waals surface area contributed by atoms with Crippen molar-refractivity contribution >= 4 is 0 Å². The molecule has 2 rings (SSSR count). The lowest BCUT2D eigenvalue weighted by molar-refractivity contribution is 0.0408. The van der Waals surface area contributed by atoms with Crippen LogP contribution in [0.4, 0.5) is 0 Å². The van der Waals surface area contributed by atoms with E-state index in [0.29, 0.717) is 6.10 Å². The van der Waals surface area contributed by atoms with E-state index in [2.05, 4.69) is 32.0 Å². The molecule has 0 amide bonds. The van der Waals surface area contributed by atoms with Gasteiger partial charge < -0.3 is 4.74 Å². The van der Waals surface area contributed by atoms with E-state index < -0.39 is 0 Å². The van der Waals surface area contributed by atoms with Crippen LogP contribution in [0, 0.1) is 0 Å². The number of fused-ring (bicyclic) bond motifs is 1. The molecule has 70 valence electrons. The van der Waals surface area contributed by atoms with Gasteiger partial charge in [-0.05, 0) is 36.5 Å². The van der Waals surface area contributed by atoms with Gasteiger partial charge in [-0.1, -0.05) is 25.1 Å². The highest BCUT2D eigenvalue weighted by Gasteiger charge is 2.16. The molecule has 1 aromatic rings. The topological polar surface area (TPSA) is 9.23 Å². The minimum atomic E-state index is 0.389. The van der Waals surface area contributed by atoms with Gasteiger partial charge in [-0.2, -0.15) is 0 Å². The number of rotatable bonds is 1. The summed E-state index contributed by atoms with van der Waals surface area (Å²) in [6.45, 7) is 5.16. The zero-order valence-corrected chi connectivity index (χ0v) is 8.34. The average molecular weight is 176 g/mol. The van der Waals surface area contributed by atoms with Gasteiger partial charge in [-0.25, -0.2) is 0 Å². The van der Waals surface area contributed by atoms with E-state index in [0.717, 1.165) is 19.4 Å². The fraction of sp³-hybridized carbons (Fsp3) is 0.500. The quantitative estimate of drug-likeness (QED) is 0.639. The summed E-state index contributed by atoms with van der Waals surface area (Å²) in [4.78, 5) is 0. The molecule has 1 heteroatoms. The van der Waals surface area contributed by atoms with Gasteiger partial charge in [0.25, 0.3) is 0 Å². The zero-order chi connectivity index (χ0) is 9.26. The maximum atomic E-state index is 5.60. The SMILES string of the molecule is CCc1cccc2c1CC(C)OC2. The minimum Gasteiger partial charge on any atom is -0.373 e. The number of hydrogen-bond donors (Lipinski definition) is 0. The Bertz CT molecular complexity index is 290. The fourth-order valence-corrected chi connectivity index (χ4v) is 1.99. The molecule has 1 aliphatic heterocycles. The second kappa shape index (κ2) is 3.51. The van der Waals surface area contributed by atoms with Crippen LogP contribution in [-0.4, -0.2) is 6.10 Å². The first kappa shape index (κ1) is 8.76. The van der Waals surface area contributed by atoms with Crippen molar-refractivity contribution in [3.63, 3.8) is 0 Å². The summed E-state index contributed by atoms with van der Waals surface area (Å²) < 4.78 is 5.60. The largest absolute Gasteiger partial charge is 0.373 e. The van der Waals surface area contributed by atoms with Crippen LogP contribution >= 0.6 is 0 Å². The van der Waals surface area contributed by atoms with E-state index >= 15 is 0 Å². The van der Waals surface area contributed by atoms with Gasteiger partial charge in [0.05, 0.1) is 12.7 Å². The third-order valence-electron chi connectivity index (χ3n) is 2.77. The molecule has 1 nitrogen and oxygen atoms in total. The molecule has 0 bridgehead atoms.